The third-order valence-corrected chi connectivity index (χ3v) is 11.9. The molecule has 0 fully saturated rings. The van der Waals surface area contributed by atoms with Gasteiger partial charge in [-0.15, -0.1) is 0 Å². The lowest BCUT2D eigenvalue weighted by molar-refractivity contribution is 0.670. The summed E-state index contributed by atoms with van der Waals surface area (Å²) >= 11 is 0. The van der Waals surface area contributed by atoms with Gasteiger partial charge in [-0.25, -0.2) is 0 Å². The lowest BCUT2D eigenvalue weighted by Crippen LogP contribution is -2.10. The highest BCUT2D eigenvalue weighted by molar-refractivity contribution is 6.22. The highest BCUT2D eigenvalue weighted by Crippen LogP contribution is 2.47. The van der Waals surface area contributed by atoms with Crippen LogP contribution in [0.1, 0.15) is 0 Å². The van der Waals surface area contributed by atoms with Crippen LogP contribution in [-0.4, -0.2) is 0 Å². The van der Waals surface area contributed by atoms with Gasteiger partial charge in [0.25, 0.3) is 0 Å². The summed E-state index contributed by atoms with van der Waals surface area (Å²) in [4.78, 5) is 2.38. The van der Waals surface area contributed by atoms with Gasteiger partial charge in [0.05, 0.1) is 11.1 Å². The number of hydrogen-bond acceptors (Lipinski definition) is 3. The molecule has 0 aliphatic carbocycles. The van der Waals surface area contributed by atoms with Gasteiger partial charge < -0.3 is 13.7 Å². The molecule has 3 heteroatoms. The molecule has 2 heterocycles. The van der Waals surface area contributed by atoms with Crippen LogP contribution in [0.15, 0.2) is 221 Å². The standard InChI is InChI=1S/C56H35NO2/c1-2-12-38(13-3-1)46-21-11-22-48-50-34-40(28-33-53(50)58-55(46)48)36-24-29-42(30-25-36)57(43-31-26-39(27-32-43)45-20-10-16-37-14-4-6-17-44(37)45)51-35-41-15-5-7-18-47(41)56-54(51)49-19-8-9-23-52(49)59-56/h1-35H. The predicted molar refractivity (Wildman–Crippen MR) is 247 cm³/mol. The molecule has 0 radical (unpaired) electrons. The van der Waals surface area contributed by atoms with E-state index < -0.39 is 0 Å². The smallest absolute Gasteiger partial charge is 0.145 e. The molecular formula is C56H35NO2. The largest absolute Gasteiger partial charge is 0.455 e. The van der Waals surface area contributed by atoms with E-state index in [1.165, 1.54) is 21.9 Å². The fraction of sp³-hybridized carbons (Fsp3) is 0. The van der Waals surface area contributed by atoms with Crippen LogP contribution in [0.2, 0.25) is 0 Å². The van der Waals surface area contributed by atoms with E-state index in [4.69, 9.17) is 8.83 Å². The van der Waals surface area contributed by atoms with Crippen molar-refractivity contribution >= 4 is 82.5 Å². The zero-order chi connectivity index (χ0) is 38.9. The van der Waals surface area contributed by atoms with Crippen LogP contribution in [0.4, 0.5) is 17.1 Å². The predicted octanol–water partition coefficient (Wildman–Crippen LogP) is 16.3. The summed E-state index contributed by atoms with van der Waals surface area (Å²) < 4.78 is 13.2. The highest BCUT2D eigenvalue weighted by atomic mass is 16.3. The van der Waals surface area contributed by atoms with Crippen molar-refractivity contribution in [3.8, 4) is 33.4 Å². The lowest BCUT2D eigenvalue weighted by atomic mass is 9.97. The third-order valence-electron chi connectivity index (χ3n) is 11.9. The van der Waals surface area contributed by atoms with Crippen LogP contribution in [0.3, 0.4) is 0 Å². The summed E-state index contributed by atoms with van der Waals surface area (Å²) in [7, 11) is 0. The van der Waals surface area contributed by atoms with Gasteiger partial charge in [0.2, 0.25) is 0 Å². The van der Waals surface area contributed by atoms with Gasteiger partial charge >= 0.3 is 0 Å². The summed E-state index contributed by atoms with van der Waals surface area (Å²) in [5.74, 6) is 0. The minimum atomic E-state index is 0.875. The third kappa shape index (κ3) is 5.44. The minimum Gasteiger partial charge on any atom is -0.455 e. The molecule has 3 nitrogen and oxygen atoms in total. The Balaban J connectivity index is 1.01. The first-order chi connectivity index (χ1) is 29.2. The van der Waals surface area contributed by atoms with Crippen molar-refractivity contribution in [1.29, 1.82) is 0 Å². The zero-order valence-electron chi connectivity index (χ0n) is 32.0. The maximum atomic E-state index is 6.68. The fourth-order valence-corrected chi connectivity index (χ4v) is 9.04. The van der Waals surface area contributed by atoms with E-state index in [9.17, 15) is 0 Å². The molecule has 0 amide bonds. The Morgan fingerprint density at radius 3 is 1.68 bits per heavy atom. The van der Waals surface area contributed by atoms with E-state index in [0.29, 0.717) is 0 Å². The Bertz CT molecular complexity index is 3540. The molecule has 0 N–H and O–H groups in total. The molecule has 276 valence electrons. The average molecular weight is 754 g/mol. The molecule has 0 unspecified atom stereocenters. The summed E-state index contributed by atoms with van der Waals surface area (Å²) in [6.45, 7) is 0. The Morgan fingerprint density at radius 1 is 0.305 bits per heavy atom. The Morgan fingerprint density at radius 2 is 0.864 bits per heavy atom. The van der Waals surface area contributed by atoms with E-state index in [0.717, 1.165) is 94.0 Å². The molecule has 0 aliphatic rings. The van der Waals surface area contributed by atoms with Gasteiger partial charge in [0, 0.05) is 38.5 Å². The normalized spacial score (nSPS) is 11.7. The number of benzene rings is 10. The number of furan rings is 2. The summed E-state index contributed by atoms with van der Waals surface area (Å²) in [6.07, 6.45) is 0. The lowest BCUT2D eigenvalue weighted by Gasteiger charge is -2.27. The first-order valence-corrected chi connectivity index (χ1v) is 20.1. The molecule has 0 saturated carbocycles. The first kappa shape index (κ1) is 33.3. The molecule has 2 aromatic heterocycles. The maximum Gasteiger partial charge on any atom is 0.145 e. The van der Waals surface area contributed by atoms with Crippen molar-refractivity contribution < 1.29 is 8.83 Å². The van der Waals surface area contributed by atoms with Crippen molar-refractivity contribution in [3.05, 3.63) is 212 Å². The number of hydrogen-bond donors (Lipinski definition) is 0. The average Bonchev–Trinajstić information content (AvgIpc) is 3.89. The minimum absolute atomic E-state index is 0.875. The van der Waals surface area contributed by atoms with Crippen LogP contribution in [0.25, 0.3) is 98.8 Å². The van der Waals surface area contributed by atoms with E-state index in [1.807, 2.05) is 12.1 Å². The number of rotatable bonds is 6. The second-order valence-corrected chi connectivity index (χ2v) is 15.2. The van der Waals surface area contributed by atoms with Gasteiger partial charge in [-0.05, 0) is 92.5 Å². The molecule has 0 bridgehead atoms. The Labute approximate surface area is 340 Å². The number of anilines is 3. The van der Waals surface area contributed by atoms with Crippen LogP contribution in [0, 0.1) is 0 Å². The molecule has 0 saturated heterocycles. The quantitative estimate of drug-likeness (QED) is 0.169. The van der Waals surface area contributed by atoms with Crippen molar-refractivity contribution in [3.63, 3.8) is 0 Å². The summed E-state index contributed by atoms with van der Waals surface area (Å²) in [5, 5.41) is 9.11. The first-order valence-electron chi connectivity index (χ1n) is 20.1. The second kappa shape index (κ2) is 13.4. The van der Waals surface area contributed by atoms with Gasteiger partial charge in [0.1, 0.15) is 22.3 Å². The molecule has 12 aromatic rings. The molecule has 0 atom stereocenters. The number of para-hydroxylation sites is 2. The van der Waals surface area contributed by atoms with Crippen LogP contribution in [0.5, 0.6) is 0 Å². The Hall–Kier alpha value is -7.88. The molecule has 0 aliphatic heterocycles. The SMILES string of the molecule is c1ccc(-c2cccc3c2oc2ccc(-c4ccc(N(c5ccc(-c6cccc7ccccc67)cc5)c5cc6ccccc6c6oc7ccccc7c56)cc4)cc23)cc1. The number of nitrogens with zero attached hydrogens (tertiary/aromatic N) is 1. The van der Waals surface area contributed by atoms with Gasteiger partial charge in [-0.1, -0.05) is 164 Å². The Kier molecular flexibility index (Phi) is 7.54. The van der Waals surface area contributed by atoms with Crippen molar-refractivity contribution in [2.75, 3.05) is 4.90 Å². The highest BCUT2D eigenvalue weighted by Gasteiger charge is 2.22. The molecule has 59 heavy (non-hydrogen) atoms. The van der Waals surface area contributed by atoms with Gasteiger partial charge in [-0.3, -0.25) is 0 Å². The van der Waals surface area contributed by atoms with E-state index >= 15 is 0 Å². The van der Waals surface area contributed by atoms with Crippen LogP contribution >= 0.6 is 0 Å². The van der Waals surface area contributed by atoms with Crippen molar-refractivity contribution in [2.45, 2.75) is 0 Å². The monoisotopic (exact) mass is 753 g/mol. The van der Waals surface area contributed by atoms with Crippen molar-refractivity contribution in [1.82, 2.24) is 0 Å². The summed E-state index contributed by atoms with van der Waals surface area (Å²) in [6, 6.07) is 75.7. The van der Waals surface area contributed by atoms with Crippen LogP contribution < -0.4 is 4.90 Å². The van der Waals surface area contributed by atoms with E-state index in [1.54, 1.807) is 0 Å². The van der Waals surface area contributed by atoms with Gasteiger partial charge in [0.15, 0.2) is 0 Å². The number of fused-ring (bicyclic) bond motifs is 9. The molecule has 0 spiro atoms. The molecule has 12 rings (SSSR count). The molecule has 10 aromatic carbocycles. The maximum absolute atomic E-state index is 6.68. The van der Waals surface area contributed by atoms with E-state index in [2.05, 4.69) is 205 Å². The van der Waals surface area contributed by atoms with E-state index in [-0.39, 0.29) is 0 Å². The fourth-order valence-electron chi connectivity index (χ4n) is 9.04. The van der Waals surface area contributed by atoms with Crippen molar-refractivity contribution in [2.24, 2.45) is 0 Å². The summed E-state index contributed by atoms with van der Waals surface area (Å²) in [5.41, 5.74) is 13.7. The molecular weight excluding hydrogens is 719 g/mol. The topological polar surface area (TPSA) is 29.5 Å². The zero-order valence-corrected chi connectivity index (χ0v) is 32.0. The van der Waals surface area contributed by atoms with Crippen LogP contribution in [-0.2, 0) is 0 Å². The van der Waals surface area contributed by atoms with Gasteiger partial charge in [-0.2, -0.15) is 0 Å². The second-order valence-electron chi connectivity index (χ2n) is 15.2.